The largest absolute Gasteiger partial charge is 0.497 e. The van der Waals surface area contributed by atoms with Crippen molar-refractivity contribution in [3.8, 4) is 5.75 Å². The van der Waals surface area contributed by atoms with E-state index in [1.54, 1.807) is 18.3 Å². The topological polar surface area (TPSA) is 60.4 Å². The van der Waals surface area contributed by atoms with Gasteiger partial charge in [0.05, 0.1) is 19.4 Å². The number of methoxy groups -OCH3 is 1. The fraction of sp³-hybridized carbons (Fsp3) is 0.450. The smallest absolute Gasteiger partial charge is 0.275 e. The van der Waals surface area contributed by atoms with E-state index in [2.05, 4.69) is 17.4 Å². The quantitative estimate of drug-likeness (QED) is 0.622. The fourth-order valence-electron chi connectivity index (χ4n) is 3.47. The van der Waals surface area contributed by atoms with Gasteiger partial charge in [-0.2, -0.15) is 0 Å². The third-order valence-electron chi connectivity index (χ3n) is 5.04. The van der Waals surface area contributed by atoms with Crippen molar-refractivity contribution in [2.75, 3.05) is 39.8 Å². The summed E-state index contributed by atoms with van der Waals surface area (Å²) < 4.78 is 10.5. The van der Waals surface area contributed by atoms with Crippen LogP contribution < -0.4 is 19.9 Å². The molecule has 6 heteroatoms. The summed E-state index contributed by atoms with van der Waals surface area (Å²) in [7, 11) is 1.69. The van der Waals surface area contributed by atoms with Crippen LogP contribution in [0.2, 0.25) is 0 Å². The first kappa shape index (κ1) is 18.5. The normalized spacial score (nSPS) is 21.2. The molecule has 1 fully saturated rings. The second kappa shape index (κ2) is 8.87. The lowest BCUT2D eigenvalue weighted by molar-refractivity contribution is -1.02. The number of rotatable bonds is 7. The van der Waals surface area contributed by atoms with Gasteiger partial charge in [-0.3, -0.25) is 4.79 Å². The van der Waals surface area contributed by atoms with Crippen molar-refractivity contribution in [3.63, 3.8) is 0 Å². The first-order valence-electron chi connectivity index (χ1n) is 9.27. The Bertz CT molecular complexity index is 677. The fourth-order valence-corrected chi connectivity index (χ4v) is 3.47. The highest BCUT2D eigenvalue weighted by Gasteiger charge is 2.25. The highest BCUT2D eigenvalue weighted by Crippen LogP contribution is 2.11. The molecular weight excluding hydrogens is 330 g/mol. The molecule has 0 saturated carbocycles. The number of carbonyl (C=O) groups is 1. The van der Waals surface area contributed by atoms with Gasteiger partial charge in [0.15, 0.2) is 6.54 Å². The molecule has 0 aliphatic carbocycles. The molecule has 2 aromatic rings. The summed E-state index contributed by atoms with van der Waals surface area (Å²) in [5, 5.41) is 3.02. The van der Waals surface area contributed by atoms with Crippen molar-refractivity contribution in [1.29, 1.82) is 0 Å². The number of amides is 1. The molecule has 0 bridgehead atoms. The van der Waals surface area contributed by atoms with E-state index in [-0.39, 0.29) is 11.9 Å². The molecule has 0 unspecified atom stereocenters. The molecule has 1 amide bonds. The zero-order valence-corrected chi connectivity index (χ0v) is 15.6. The Hall–Kier alpha value is -2.31. The van der Waals surface area contributed by atoms with Crippen LogP contribution in [-0.2, 0) is 11.3 Å². The lowest BCUT2D eigenvalue weighted by Gasteiger charge is -2.29. The van der Waals surface area contributed by atoms with Crippen LogP contribution in [0.1, 0.15) is 24.3 Å². The lowest BCUT2D eigenvalue weighted by Crippen LogP contribution is -3.28. The molecule has 1 atom stereocenters. The molecule has 6 nitrogen and oxygen atoms in total. The summed E-state index contributed by atoms with van der Waals surface area (Å²) in [6.45, 7) is 7.72. The van der Waals surface area contributed by atoms with E-state index >= 15 is 0 Å². The van der Waals surface area contributed by atoms with Crippen LogP contribution in [0.25, 0.3) is 0 Å². The number of quaternary nitrogens is 2. The van der Waals surface area contributed by atoms with E-state index < -0.39 is 0 Å². The third kappa shape index (κ3) is 5.09. The average molecular weight is 359 g/mol. The van der Waals surface area contributed by atoms with E-state index in [1.807, 2.05) is 31.2 Å². The Labute approximate surface area is 154 Å². The van der Waals surface area contributed by atoms with Gasteiger partial charge < -0.3 is 24.3 Å². The Balaban J connectivity index is 1.39. The first-order valence-corrected chi connectivity index (χ1v) is 9.27. The predicted molar refractivity (Wildman–Crippen MR) is 98.2 cm³/mol. The van der Waals surface area contributed by atoms with Crippen LogP contribution in [0.5, 0.6) is 5.75 Å². The molecule has 1 aromatic carbocycles. The molecule has 0 spiro atoms. The van der Waals surface area contributed by atoms with Crippen molar-refractivity contribution in [1.82, 2.24) is 5.32 Å². The van der Waals surface area contributed by atoms with Gasteiger partial charge in [0, 0.05) is 5.56 Å². The number of hydrogen-bond acceptors (Lipinski definition) is 3. The molecule has 1 saturated heterocycles. The highest BCUT2D eigenvalue weighted by atomic mass is 16.5. The van der Waals surface area contributed by atoms with E-state index in [1.165, 1.54) is 10.5 Å². The van der Waals surface area contributed by atoms with E-state index in [0.29, 0.717) is 6.54 Å². The van der Waals surface area contributed by atoms with Crippen molar-refractivity contribution in [2.45, 2.75) is 19.5 Å². The van der Waals surface area contributed by atoms with Gasteiger partial charge in [-0.25, -0.2) is 0 Å². The highest BCUT2D eigenvalue weighted by molar-refractivity contribution is 5.77. The molecule has 3 N–H and O–H groups in total. The van der Waals surface area contributed by atoms with Crippen LogP contribution in [0.4, 0.5) is 0 Å². The van der Waals surface area contributed by atoms with Gasteiger partial charge in [-0.15, -0.1) is 0 Å². The van der Waals surface area contributed by atoms with Gasteiger partial charge in [0.2, 0.25) is 0 Å². The number of nitrogens with one attached hydrogen (secondary N) is 3. The molecule has 1 aromatic heterocycles. The summed E-state index contributed by atoms with van der Waals surface area (Å²) in [6.07, 6.45) is 1.63. The summed E-state index contributed by atoms with van der Waals surface area (Å²) in [5.74, 6) is 1.78. The Kier molecular flexibility index (Phi) is 6.30. The SMILES string of the molecule is COc1ccc(C[NH+]2CC[NH+](CC(=O)N[C@H](C)c3ccco3)CC2)cc1. The minimum absolute atomic E-state index is 0.0844. The number of furan rings is 1. The van der Waals surface area contributed by atoms with Gasteiger partial charge in [-0.1, -0.05) is 0 Å². The maximum Gasteiger partial charge on any atom is 0.275 e. The monoisotopic (exact) mass is 359 g/mol. The summed E-state index contributed by atoms with van der Waals surface area (Å²) in [5.41, 5.74) is 1.33. The van der Waals surface area contributed by atoms with Crippen LogP contribution >= 0.6 is 0 Å². The zero-order chi connectivity index (χ0) is 18.4. The molecule has 1 aliphatic heterocycles. The second-order valence-corrected chi connectivity index (χ2v) is 7.01. The minimum Gasteiger partial charge on any atom is -0.497 e. The number of ether oxygens (including phenoxy) is 1. The van der Waals surface area contributed by atoms with Crippen molar-refractivity contribution >= 4 is 5.91 Å². The Morgan fingerprint density at radius 2 is 1.85 bits per heavy atom. The summed E-state index contributed by atoms with van der Waals surface area (Å²) in [6, 6.07) is 11.9. The first-order chi connectivity index (χ1) is 12.6. The van der Waals surface area contributed by atoms with Gasteiger partial charge in [0.1, 0.15) is 44.2 Å². The van der Waals surface area contributed by atoms with Crippen LogP contribution in [0, 0.1) is 0 Å². The van der Waals surface area contributed by atoms with E-state index in [0.717, 1.165) is 44.2 Å². The number of benzene rings is 1. The van der Waals surface area contributed by atoms with Gasteiger partial charge >= 0.3 is 0 Å². The van der Waals surface area contributed by atoms with Crippen molar-refractivity contribution < 1.29 is 23.7 Å². The Morgan fingerprint density at radius 1 is 1.15 bits per heavy atom. The van der Waals surface area contributed by atoms with Crippen LogP contribution in [-0.4, -0.2) is 45.7 Å². The Morgan fingerprint density at radius 3 is 2.46 bits per heavy atom. The average Bonchev–Trinajstić information content (AvgIpc) is 3.19. The number of hydrogen-bond donors (Lipinski definition) is 3. The zero-order valence-electron chi connectivity index (χ0n) is 15.6. The molecule has 2 heterocycles. The molecular formula is C20H29N3O3+2. The maximum atomic E-state index is 12.3. The van der Waals surface area contributed by atoms with E-state index in [9.17, 15) is 4.79 Å². The minimum atomic E-state index is -0.0844. The molecule has 0 radical (unpaired) electrons. The summed E-state index contributed by atoms with van der Waals surface area (Å²) >= 11 is 0. The third-order valence-corrected chi connectivity index (χ3v) is 5.04. The predicted octanol–water partition coefficient (Wildman–Crippen LogP) is -0.551. The van der Waals surface area contributed by atoms with Crippen molar-refractivity contribution in [3.05, 3.63) is 54.0 Å². The van der Waals surface area contributed by atoms with E-state index in [4.69, 9.17) is 9.15 Å². The lowest BCUT2D eigenvalue weighted by atomic mass is 10.2. The molecule has 3 rings (SSSR count). The number of piperazine rings is 1. The molecule has 26 heavy (non-hydrogen) atoms. The molecule has 1 aliphatic rings. The molecule has 140 valence electrons. The van der Waals surface area contributed by atoms with Crippen LogP contribution in [0.15, 0.2) is 47.1 Å². The van der Waals surface area contributed by atoms with Crippen LogP contribution in [0.3, 0.4) is 0 Å². The number of carbonyl (C=O) groups excluding carboxylic acids is 1. The summed E-state index contributed by atoms with van der Waals surface area (Å²) in [4.78, 5) is 15.2. The standard InChI is InChI=1S/C20H27N3O3/c1-16(19-4-3-13-26-19)21-20(24)15-23-11-9-22(10-12-23)14-17-5-7-18(25-2)8-6-17/h3-8,13,16H,9-12,14-15H2,1-2H3,(H,21,24)/p+2/t16-/m1/s1. The van der Waals surface area contributed by atoms with Crippen molar-refractivity contribution in [2.24, 2.45) is 0 Å². The second-order valence-electron chi connectivity index (χ2n) is 7.01. The van der Waals surface area contributed by atoms with Gasteiger partial charge in [-0.05, 0) is 43.3 Å². The van der Waals surface area contributed by atoms with Gasteiger partial charge in [0.25, 0.3) is 5.91 Å². The maximum absolute atomic E-state index is 12.3.